The Labute approximate surface area is 123 Å². The summed E-state index contributed by atoms with van der Waals surface area (Å²) in [6.45, 7) is 6.06. The van der Waals surface area contributed by atoms with Crippen LogP contribution in [0.1, 0.15) is 30.8 Å². The van der Waals surface area contributed by atoms with Gasteiger partial charge in [0.1, 0.15) is 5.69 Å². The van der Waals surface area contributed by atoms with Crippen molar-refractivity contribution >= 4 is 11.7 Å². The van der Waals surface area contributed by atoms with E-state index in [1.54, 1.807) is 0 Å². The van der Waals surface area contributed by atoms with Crippen LogP contribution in [0.25, 0.3) is 0 Å². The second-order valence-electron chi connectivity index (χ2n) is 5.18. The van der Waals surface area contributed by atoms with Gasteiger partial charge in [-0.25, -0.2) is 4.98 Å². The average molecular weight is 294 g/mol. The topological polar surface area (TPSA) is 87.5 Å². The highest BCUT2D eigenvalue weighted by Crippen LogP contribution is 2.19. The van der Waals surface area contributed by atoms with Gasteiger partial charge >= 0.3 is 0 Å². The molecular weight excluding hydrogens is 272 g/mol. The van der Waals surface area contributed by atoms with Crippen molar-refractivity contribution in [2.24, 2.45) is 5.92 Å². The second-order valence-corrected chi connectivity index (χ2v) is 5.18. The minimum absolute atomic E-state index is 0.106. The highest BCUT2D eigenvalue weighted by Gasteiger charge is 2.26. The summed E-state index contributed by atoms with van der Waals surface area (Å²) in [7, 11) is 0. The Morgan fingerprint density at radius 2 is 2.29 bits per heavy atom. The number of hydrogen-bond acceptors (Lipinski definition) is 5. The predicted octanol–water partition coefficient (Wildman–Crippen LogP) is -0.168. The van der Waals surface area contributed by atoms with E-state index in [-0.39, 0.29) is 29.7 Å². The molecule has 21 heavy (non-hydrogen) atoms. The zero-order chi connectivity index (χ0) is 15.4. The van der Waals surface area contributed by atoms with Gasteiger partial charge in [0, 0.05) is 44.9 Å². The molecule has 7 nitrogen and oxygen atoms in total. The number of anilines is 1. The van der Waals surface area contributed by atoms with Crippen LogP contribution in [-0.4, -0.2) is 46.8 Å². The van der Waals surface area contributed by atoms with Gasteiger partial charge in [-0.15, -0.1) is 0 Å². The number of carbonyl (C=O) groups is 1. The molecule has 0 aliphatic carbocycles. The number of aryl methyl sites for hydroxylation is 1. The van der Waals surface area contributed by atoms with Crippen molar-refractivity contribution < 1.29 is 9.90 Å². The minimum Gasteiger partial charge on any atom is -0.396 e. The summed E-state index contributed by atoms with van der Waals surface area (Å²) in [4.78, 5) is 30.5. The average Bonchev–Trinajstić information content (AvgIpc) is 2.96. The fourth-order valence-electron chi connectivity index (χ4n) is 2.50. The van der Waals surface area contributed by atoms with Gasteiger partial charge in [-0.2, -0.15) is 0 Å². The van der Waals surface area contributed by atoms with E-state index in [2.05, 4.69) is 10.3 Å². The van der Waals surface area contributed by atoms with E-state index >= 15 is 0 Å². The number of nitrogens with one attached hydrogen (secondary N) is 1. The van der Waals surface area contributed by atoms with E-state index in [0.717, 1.165) is 6.42 Å². The molecule has 2 rings (SSSR count). The maximum absolute atomic E-state index is 12.4. The summed E-state index contributed by atoms with van der Waals surface area (Å²) in [6.07, 6.45) is 2.32. The molecule has 0 bridgehead atoms. The lowest BCUT2D eigenvalue weighted by Crippen LogP contribution is -2.35. The van der Waals surface area contributed by atoms with Crippen molar-refractivity contribution in [1.29, 1.82) is 0 Å². The van der Waals surface area contributed by atoms with Crippen molar-refractivity contribution in [3.05, 3.63) is 22.2 Å². The van der Waals surface area contributed by atoms with Crippen molar-refractivity contribution in [2.75, 3.05) is 31.1 Å². The van der Waals surface area contributed by atoms with Crippen LogP contribution >= 0.6 is 0 Å². The Morgan fingerprint density at radius 1 is 1.52 bits per heavy atom. The second kappa shape index (κ2) is 6.71. The van der Waals surface area contributed by atoms with Gasteiger partial charge in [0.2, 0.25) is 0 Å². The van der Waals surface area contributed by atoms with Gasteiger partial charge in [-0.3, -0.25) is 9.59 Å². The Bertz CT molecular complexity index is 570. The molecule has 2 N–H and O–H groups in total. The van der Waals surface area contributed by atoms with Crippen molar-refractivity contribution in [1.82, 2.24) is 14.9 Å². The fourth-order valence-corrected chi connectivity index (χ4v) is 2.50. The molecule has 1 atom stereocenters. The quantitative estimate of drug-likeness (QED) is 0.787. The van der Waals surface area contributed by atoms with Gasteiger partial charge in [-0.05, 0) is 20.3 Å². The van der Waals surface area contributed by atoms with Gasteiger partial charge < -0.3 is 19.9 Å². The normalized spacial score (nSPS) is 18.0. The summed E-state index contributed by atoms with van der Waals surface area (Å²) < 4.78 is 1.50. The van der Waals surface area contributed by atoms with E-state index < -0.39 is 0 Å². The molecule has 1 aromatic rings. The van der Waals surface area contributed by atoms with Crippen LogP contribution in [0, 0.1) is 5.92 Å². The van der Waals surface area contributed by atoms with Crippen molar-refractivity contribution in [3.63, 3.8) is 0 Å². The van der Waals surface area contributed by atoms with Crippen LogP contribution in [0.4, 0.5) is 5.82 Å². The molecule has 1 aliphatic heterocycles. The molecule has 1 fully saturated rings. The molecule has 1 saturated heterocycles. The lowest BCUT2D eigenvalue weighted by atomic mass is 10.1. The first-order valence-electron chi connectivity index (χ1n) is 7.36. The van der Waals surface area contributed by atoms with Crippen LogP contribution in [0.3, 0.4) is 0 Å². The molecular formula is C14H22N4O3. The maximum atomic E-state index is 12.4. The summed E-state index contributed by atoms with van der Waals surface area (Å²) in [5.74, 6) is 0.185. The number of aromatic nitrogens is 2. The Balaban J connectivity index is 2.37. The van der Waals surface area contributed by atoms with Crippen molar-refractivity contribution in [2.45, 2.75) is 26.8 Å². The van der Waals surface area contributed by atoms with Crippen molar-refractivity contribution in [3.8, 4) is 0 Å². The third kappa shape index (κ3) is 3.24. The number of rotatable bonds is 5. The molecule has 7 heteroatoms. The van der Waals surface area contributed by atoms with Gasteiger partial charge in [0.05, 0.1) is 0 Å². The Hall–Kier alpha value is -1.89. The number of amides is 1. The fraction of sp³-hybridized carbons (Fsp3) is 0.643. The highest BCUT2D eigenvalue weighted by atomic mass is 16.3. The number of carbonyl (C=O) groups excluding carboxylic acids is 1. The van der Waals surface area contributed by atoms with Crippen LogP contribution < -0.4 is 15.8 Å². The summed E-state index contributed by atoms with van der Waals surface area (Å²) in [6, 6.07) is 0. The molecule has 0 spiro atoms. The van der Waals surface area contributed by atoms with E-state index in [4.69, 9.17) is 0 Å². The SMILES string of the molecule is CCNC(=O)c1cn(CC)c(=O)c(N2CC[C@@H](CO)C2)n1. The highest BCUT2D eigenvalue weighted by molar-refractivity contribution is 5.92. The molecule has 0 saturated carbocycles. The van der Waals surface area contributed by atoms with Crippen LogP contribution in [0.2, 0.25) is 0 Å². The zero-order valence-electron chi connectivity index (χ0n) is 12.5. The number of aliphatic hydroxyl groups is 1. The van der Waals surface area contributed by atoms with Crippen LogP contribution in [0.15, 0.2) is 11.0 Å². The van der Waals surface area contributed by atoms with Crippen LogP contribution in [-0.2, 0) is 6.54 Å². The first-order chi connectivity index (χ1) is 10.1. The largest absolute Gasteiger partial charge is 0.396 e. The molecule has 2 heterocycles. The van der Waals surface area contributed by atoms with E-state index in [0.29, 0.717) is 32.0 Å². The van der Waals surface area contributed by atoms with Crippen LogP contribution in [0.5, 0.6) is 0 Å². The van der Waals surface area contributed by atoms with E-state index in [9.17, 15) is 14.7 Å². The number of hydrogen-bond donors (Lipinski definition) is 2. The number of aliphatic hydroxyl groups excluding tert-OH is 1. The molecule has 0 aromatic carbocycles. The third-order valence-electron chi connectivity index (χ3n) is 3.71. The first kappa shape index (κ1) is 15.5. The first-order valence-corrected chi connectivity index (χ1v) is 7.36. The number of nitrogens with zero attached hydrogens (tertiary/aromatic N) is 3. The zero-order valence-corrected chi connectivity index (χ0v) is 12.5. The maximum Gasteiger partial charge on any atom is 0.293 e. The monoisotopic (exact) mass is 294 g/mol. The summed E-state index contributed by atoms with van der Waals surface area (Å²) >= 11 is 0. The minimum atomic E-state index is -0.279. The van der Waals surface area contributed by atoms with E-state index in [1.165, 1.54) is 10.8 Å². The Kier molecular flexibility index (Phi) is 4.95. The molecule has 0 unspecified atom stereocenters. The summed E-state index contributed by atoms with van der Waals surface area (Å²) in [5.41, 5.74) is 0.0601. The lowest BCUT2D eigenvalue weighted by molar-refractivity contribution is 0.0950. The summed E-state index contributed by atoms with van der Waals surface area (Å²) in [5, 5.41) is 11.9. The van der Waals surface area contributed by atoms with Gasteiger partial charge in [0.15, 0.2) is 5.82 Å². The van der Waals surface area contributed by atoms with E-state index in [1.807, 2.05) is 18.7 Å². The van der Waals surface area contributed by atoms with Gasteiger partial charge in [0.25, 0.3) is 11.5 Å². The molecule has 116 valence electrons. The standard InChI is InChI=1S/C14H22N4O3/c1-3-15-13(20)11-8-17(4-2)14(21)12(16-11)18-6-5-10(7-18)9-19/h8,10,19H,3-7,9H2,1-2H3,(H,15,20)/t10-/m1/s1. The molecule has 1 amide bonds. The molecule has 0 radical (unpaired) electrons. The lowest BCUT2D eigenvalue weighted by Gasteiger charge is -2.18. The predicted molar refractivity (Wildman–Crippen MR) is 79.6 cm³/mol. The molecule has 1 aromatic heterocycles. The smallest absolute Gasteiger partial charge is 0.293 e. The molecule has 1 aliphatic rings. The Morgan fingerprint density at radius 3 is 2.86 bits per heavy atom. The van der Waals surface area contributed by atoms with Gasteiger partial charge in [-0.1, -0.05) is 0 Å². The third-order valence-corrected chi connectivity index (χ3v) is 3.71.